The van der Waals surface area contributed by atoms with E-state index in [-0.39, 0.29) is 17.3 Å². The van der Waals surface area contributed by atoms with Crippen LogP contribution in [0.15, 0.2) is 48.5 Å². The van der Waals surface area contributed by atoms with Crippen LogP contribution >= 0.6 is 0 Å². The van der Waals surface area contributed by atoms with Gasteiger partial charge in [0.15, 0.2) is 0 Å². The van der Waals surface area contributed by atoms with Crippen molar-refractivity contribution in [3.8, 4) is 0 Å². The van der Waals surface area contributed by atoms with Gasteiger partial charge in [-0.2, -0.15) is 0 Å². The number of nitrogens with two attached hydrogens (primary N) is 1. The van der Waals surface area contributed by atoms with Gasteiger partial charge in [-0.15, -0.1) is 0 Å². The van der Waals surface area contributed by atoms with Crippen LogP contribution in [0.2, 0.25) is 0 Å². The number of fused-ring (bicyclic) bond motifs is 1. The highest BCUT2D eigenvalue weighted by Crippen LogP contribution is 2.22. The summed E-state index contributed by atoms with van der Waals surface area (Å²) in [5.41, 5.74) is 8.23. The van der Waals surface area contributed by atoms with Crippen molar-refractivity contribution in [3.05, 3.63) is 71.2 Å². The van der Waals surface area contributed by atoms with Crippen LogP contribution in [0.5, 0.6) is 0 Å². The molecule has 0 spiro atoms. The van der Waals surface area contributed by atoms with Crippen molar-refractivity contribution in [2.24, 2.45) is 0 Å². The predicted octanol–water partition coefficient (Wildman–Crippen LogP) is 3.50. The molecule has 0 radical (unpaired) electrons. The molecule has 0 fully saturated rings. The Balaban J connectivity index is 2.11. The Labute approximate surface area is 121 Å². The Morgan fingerprint density at radius 3 is 2.67 bits per heavy atom. The van der Waals surface area contributed by atoms with Gasteiger partial charge in [0.25, 0.3) is 0 Å². The van der Waals surface area contributed by atoms with E-state index in [4.69, 9.17) is 5.73 Å². The molecule has 0 unspecified atom stereocenters. The van der Waals surface area contributed by atoms with Crippen LogP contribution in [0, 0.1) is 12.7 Å². The largest absolute Gasteiger partial charge is 0.398 e. The SMILES string of the molecule is Cc1cc(C(=O)c2cc(N)c3ccccc3n2)ccc1F. The third kappa shape index (κ3) is 2.36. The van der Waals surface area contributed by atoms with Crippen molar-refractivity contribution >= 4 is 22.4 Å². The minimum absolute atomic E-state index is 0.261. The Hall–Kier alpha value is -2.75. The van der Waals surface area contributed by atoms with Gasteiger partial charge in [0, 0.05) is 16.6 Å². The molecule has 2 aromatic carbocycles. The molecule has 0 bridgehead atoms. The van der Waals surface area contributed by atoms with Gasteiger partial charge in [-0.05, 0) is 42.8 Å². The average molecular weight is 280 g/mol. The predicted molar refractivity (Wildman–Crippen MR) is 80.7 cm³/mol. The van der Waals surface area contributed by atoms with E-state index in [9.17, 15) is 9.18 Å². The van der Waals surface area contributed by atoms with Crippen LogP contribution in [0.25, 0.3) is 10.9 Å². The molecule has 0 aliphatic rings. The zero-order valence-electron chi connectivity index (χ0n) is 11.4. The topological polar surface area (TPSA) is 56.0 Å². The van der Waals surface area contributed by atoms with Crippen molar-refractivity contribution in [3.63, 3.8) is 0 Å². The second kappa shape index (κ2) is 4.98. The number of carbonyl (C=O) groups excluding carboxylic acids is 1. The van der Waals surface area contributed by atoms with Gasteiger partial charge in [0.05, 0.1) is 5.52 Å². The lowest BCUT2D eigenvalue weighted by Crippen LogP contribution is -2.06. The number of benzene rings is 2. The lowest BCUT2D eigenvalue weighted by atomic mass is 10.0. The lowest BCUT2D eigenvalue weighted by molar-refractivity contribution is 0.103. The zero-order chi connectivity index (χ0) is 15.0. The number of pyridine rings is 1. The third-order valence-electron chi connectivity index (χ3n) is 3.40. The zero-order valence-corrected chi connectivity index (χ0v) is 11.4. The van der Waals surface area contributed by atoms with E-state index in [2.05, 4.69) is 4.98 Å². The number of nitrogens with zero attached hydrogens (tertiary/aromatic N) is 1. The standard InChI is InChI=1S/C17H13FN2O/c1-10-8-11(6-7-13(10)18)17(21)16-9-14(19)12-4-2-3-5-15(12)20-16/h2-9H,1H3,(H2,19,20). The molecule has 21 heavy (non-hydrogen) atoms. The van der Waals surface area contributed by atoms with Gasteiger partial charge in [0.2, 0.25) is 5.78 Å². The maximum absolute atomic E-state index is 13.3. The van der Waals surface area contributed by atoms with E-state index in [1.165, 1.54) is 18.2 Å². The summed E-state index contributed by atoms with van der Waals surface area (Å²) in [6.07, 6.45) is 0. The van der Waals surface area contributed by atoms with E-state index >= 15 is 0 Å². The Morgan fingerprint density at radius 2 is 1.90 bits per heavy atom. The number of anilines is 1. The molecular formula is C17H13FN2O. The molecule has 104 valence electrons. The molecule has 3 aromatic rings. The smallest absolute Gasteiger partial charge is 0.211 e. The fourth-order valence-electron chi connectivity index (χ4n) is 2.25. The summed E-state index contributed by atoms with van der Waals surface area (Å²) in [5, 5.41) is 0.810. The number of nitrogen functional groups attached to an aromatic ring is 1. The van der Waals surface area contributed by atoms with Crippen LogP contribution < -0.4 is 5.73 Å². The number of rotatable bonds is 2. The molecule has 1 aromatic heterocycles. The van der Waals surface area contributed by atoms with Gasteiger partial charge in [-0.3, -0.25) is 4.79 Å². The summed E-state index contributed by atoms with van der Waals surface area (Å²) in [6, 6.07) is 13.2. The maximum Gasteiger partial charge on any atom is 0.211 e. The highest BCUT2D eigenvalue weighted by molar-refractivity contribution is 6.10. The van der Waals surface area contributed by atoms with Crippen molar-refractivity contribution in [1.82, 2.24) is 4.98 Å². The van der Waals surface area contributed by atoms with Crippen LogP contribution in [0.3, 0.4) is 0 Å². The molecule has 1 heterocycles. The quantitative estimate of drug-likeness (QED) is 0.731. The molecule has 0 saturated carbocycles. The number of carbonyl (C=O) groups is 1. The van der Waals surface area contributed by atoms with Crippen molar-refractivity contribution in [2.75, 3.05) is 5.73 Å². The summed E-state index contributed by atoms with van der Waals surface area (Å²) < 4.78 is 13.3. The van der Waals surface area contributed by atoms with E-state index in [1.807, 2.05) is 18.2 Å². The van der Waals surface area contributed by atoms with Gasteiger partial charge in [0.1, 0.15) is 11.5 Å². The molecule has 0 aliphatic carbocycles. The van der Waals surface area contributed by atoms with Gasteiger partial charge >= 0.3 is 0 Å². The minimum Gasteiger partial charge on any atom is -0.398 e. The number of aryl methyl sites for hydroxylation is 1. The highest BCUT2D eigenvalue weighted by atomic mass is 19.1. The number of para-hydroxylation sites is 1. The molecule has 0 saturated heterocycles. The molecule has 4 heteroatoms. The third-order valence-corrected chi connectivity index (χ3v) is 3.40. The highest BCUT2D eigenvalue weighted by Gasteiger charge is 2.14. The molecule has 0 aliphatic heterocycles. The summed E-state index contributed by atoms with van der Waals surface area (Å²) in [7, 11) is 0. The number of aromatic nitrogens is 1. The summed E-state index contributed by atoms with van der Waals surface area (Å²) in [6.45, 7) is 1.62. The lowest BCUT2D eigenvalue weighted by Gasteiger charge is -2.06. The number of ketones is 1. The summed E-state index contributed by atoms with van der Waals surface area (Å²) in [5.74, 6) is -0.604. The molecule has 0 amide bonds. The normalized spacial score (nSPS) is 10.8. The first-order valence-electron chi connectivity index (χ1n) is 6.52. The molecule has 0 atom stereocenters. The molecular weight excluding hydrogens is 267 g/mol. The molecule has 3 nitrogen and oxygen atoms in total. The second-order valence-corrected chi connectivity index (χ2v) is 4.91. The van der Waals surface area contributed by atoms with Crippen molar-refractivity contribution in [1.29, 1.82) is 0 Å². The summed E-state index contributed by atoms with van der Waals surface area (Å²) >= 11 is 0. The van der Waals surface area contributed by atoms with Crippen molar-refractivity contribution in [2.45, 2.75) is 6.92 Å². The first kappa shape index (κ1) is 13.2. The fourth-order valence-corrected chi connectivity index (χ4v) is 2.25. The average Bonchev–Trinajstić information content (AvgIpc) is 2.49. The van der Waals surface area contributed by atoms with E-state index < -0.39 is 0 Å². The number of halogens is 1. The molecule has 3 rings (SSSR count). The van der Waals surface area contributed by atoms with Gasteiger partial charge in [-0.1, -0.05) is 18.2 Å². The van der Waals surface area contributed by atoms with E-state index in [0.29, 0.717) is 22.3 Å². The number of hydrogen-bond donors (Lipinski definition) is 1. The number of hydrogen-bond acceptors (Lipinski definition) is 3. The van der Waals surface area contributed by atoms with E-state index in [0.717, 1.165) is 5.39 Å². The maximum atomic E-state index is 13.3. The second-order valence-electron chi connectivity index (χ2n) is 4.91. The van der Waals surface area contributed by atoms with Crippen LogP contribution in [0.1, 0.15) is 21.6 Å². The van der Waals surface area contributed by atoms with Gasteiger partial charge < -0.3 is 5.73 Å². The monoisotopic (exact) mass is 280 g/mol. The Morgan fingerprint density at radius 1 is 1.14 bits per heavy atom. The Kier molecular flexibility index (Phi) is 3.14. The van der Waals surface area contributed by atoms with Crippen LogP contribution in [-0.2, 0) is 0 Å². The molecule has 2 N–H and O–H groups in total. The first-order chi connectivity index (χ1) is 10.1. The fraction of sp³-hybridized carbons (Fsp3) is 0.0588. The van der Waals surface area contributed by atoms with E-state index in [1.54, 1.807) is 19.1 Å². The summed E-state index contributed by atoms with van der Waals surface area (Å²) in [4.78, 5) is 16.8. The Bertz CT molecular complexity index is 859. The van der Waals surface area contributed by atoms with Gasteiger partial charge in [-0.25, -0.2) is 9.37 Å². The minimum atomic E-state index is -0.336. The van der Waals surface area contributed by atoms with Crippen LogP contribution in [-0.4, -0.2) is 10.8 Å². The first-order valence-corrected chi connectivity index (χ1v) is 6.52. The van der Waals surface area contributed by atoms with Crippen molar-refractivity contribution < 1.29 is 9.18 Å². The van der Waals surface area contributed by atoms with Crippen LogP contribution in [0.4, 0.5) is 10.1 Å².